The number of thiazole rings is 1. The zero-order chi connectivity index (χ0) is 13.8. The molecule has 0 fully saturated rings. The molecule has 0 radical (unpaired) electrons. The van der Waals surface area contributed by atoms with Crippen LogP contribution in [0.4, 0.5) is 5.82 Å². The van der Waals surface area contributed by atoms with Crippen LogP contribution >= 0.6 is 11.3 Å². The average molecular weight is 281 g/mol. The van der Waals surface area contributed by atoms with Gasteiger partial charge in [-0.3, -0.25) is 9.36 Å². The van der Waals surface area contributed by atoms with Gasteiger partial charge in [0.25, 0.3) is 0 Å². The highest BCUT2D eigenvalue weighted by Crippen LogP contribution is 2.22. The average Bonchev–Trinajstić information content (AvgIpc) is 2.70. The van der Waals surface area contributed by atoms with Gasteiger partial charge in [0.15, 0.2) is 0 Å². The van der Waals surface area contributed by atoms with Gasteiger partial charge in [0.05, 0.1) is 6.54 Å². The molecule has 0 amide bonds. The highest BCUT2D eigenvalue weighted by atomic mass is 32.1. The summed E-state index contributed by atoms with van der Waals surface area (Å²) in [5, 5.41) is 12.5. The lowest BCUT2D eigenvalue weighted by molar-refractivity contribution is -0.390. The molecule has 0 aliphatic carbocycles. The number of aromatic nitrogens is 2. The topological polar surface area (TPSA) is 87.3 Å². The molecule has 2 aromatic rings. The summed E-state index contributed by atoms with van der Waals surface area (Å²) >= 11 is 1.12. The van der Waals surface area contributed by atoms with E-state index in [1.807, 2.05) is 6.92 Å². The smallest absolute Gasteiger partial charge is 0.406 e. The van der Waals surface area contributed by atoms with Crippen LogP contribution in [0.25, 0.3) is 0 Å². The van der Waals surface area contributed by atoms with Crippen LogP contribution in [0.2, 0.25) is 0 Å². The number of hydrogen-bond acceptors (Lipinski definition) is 6. The molecule has 0 aliphatic rings. The maximum Gasteiger partial charge on any atom is 0.406 e. The Hall–Kier alpha value is -2.22. The number of aryl methyl sites for hydroxylation is 1. The molecule has 0 unspecified atom stereocenters. The third-order valence-corrected chi connectivity index (χ3v) is 3.35. The molecule has 0 saturated carbocycles. The van der Waals surface area contributed by atoms with Gasteiger partial charge < -0.3 is 14.9 Å². The first-order valence-corrected chi connectivity index (χ1v) is 6.34. The summed E-state index contributed by atoms with van der Waals surface area (Å²) in [5.41, 5.74) is 0.847. The lowest BCUT2D eigenvalue weighted by Gasteiger charge is -2.07. The Balaban J connectivity index is 2.04. The van der Waals surface area contributed by atoms with Crippen LogP contribution in [0.15, 0.2) is 28.5 Å². The maximum atomic E-state index is 11.5. The summed E-state index contributed by atoms with van der Waals surface area (Å²) in [6.45, 7) is 2.34. The van der Waals surface area contributed by atoms with Crippen LogP contribution in [0.1, 0.15) is 5.69 Å². The van der Waals surface area contributed by atoms with Crippen molar-refractivity contribution in [1.29, 1.82) is 0 Å². The van der Waals surface area contributed by atoms with E-state index < -0.39 is 4.92 Å². The van der Waals surface area contributed by atoms with Gasteiger partial charge >= 0.3 is 10.7 Å². The predicted octanol–water partition coefficient (Wildman–Crippen LogP) is 1.60. The molecule has 0 N–H and O–H groups in total. The second-order valence-electron chi connectivity index (χ2n) is 3.73. The summed E-state index contributed by atoms with van der Waals surface area (Å²) in [5.74, 6) is -0.217. The minimum absolute atomic E-state index is 0.0678. The fraction of sp³-hybridized carbons (Fsp3) is 0.273. The summed E-state index contributed by atoms with van der Waals surface area (Å²) in [7, 11) is 0. The lowest BCUT2D eigenvalue weighted by atomic mass is 10.4. The number of pyridine rings is 1. The quantitative estimate of drug-likeness (QED) is 0.613. The second kappa shape index (κ2) is 5.61. The van der Waals surface area contributed by atoms with Crippen molar-refractivity contribution in [3.05, 3.63) is 49.2 Å². The molecule has 0 aromatic carbocycles. The van der Waals surface area contributed by atoms with Crippen molar-refractivity contribution in [1.82, 2.24) is 9.55 Å². The van der Waals surface area contributed by atoms with Crippen molar-refractivity contribution in [2.45, 2.75) is 13.5 Å². The van der Waals surface area contributed by atoms with Crippen molar-refractivity contribution >= 4 is 17.2 Å². The van der Waals surface area contributed by atoms with Crippen molar-refractivity contribution in [3.63, 3.8) is 0 Å². The predicted molar refractivity (Wildman–Crippen MR) is 69.7 cm³/mol. The number of nitro groups is 1. The molecule has 100 valence electrons. The van der Waals surface area contributed by atoms with E-state index >= 15 is 0 Å². The van der Waals surface area contributed by atoms with Crippen LogP contribution in [-0.2, 0) is 6.54 Å². The molecular formula is C11H11N3O4S. The third-order valence-electron chi connectivity index (χ3n) is 2.47. The summed E-state index contributed by atoms with van der Waals surface area (Å²) < 4.78 is 6.88. The Morgan fingerprint density at radius 2 is 2.37 bits per heavy atom. The van der Waals surface area contributed by atoms with Gasteiger partial charge in [0.2, 0.25) is 5.75 Å². The minimum atomic E-state index is -0.600. The Labute approximate surface area is 112 Å². The molecule has 0 bridgehead atoms. The van der Waals surface area contributed by atoms with Gasteiger partial charge in [-0.1, -0.05) is 11.3 Å². The van der Waals surface area contributed by atoms with E-state index in [-0.39, 0.29) is 23.0 Å². The van der Waals surface area contributed by atoms with Gasteiger partial charge in [-0.15, -0.1) is 0 Å². The highest BCUT2D eigenvalue weighted by molar-refractivity contribution is 7.07. The van der Waals surface area contributed by atoms with Crippen LogP contribution in [-0.4, -0.2) is 21.1 Å². The summed E-state index contributed by atoms with van der Waals surface area (Å²) in [4.78, 5) is 25.2. The first kappa shape index (κ1) is 13.2. The van der Waals surface area contributed by atoms with Crippen molar-refractivity contribution < 1.29 is 9.66 Å². The zero-order valence-electron chi connectivity index (χ0n) is 10.1. The maximum absolute atomic E-state index is 11.5. The molecule has 0 atom stereocenters. The largest absolute Gasteiger partial charge is 0.484 e. The van der Waals surface area contributed by atoms with Gasteiger partial charge in [-0.25, -0.2) is 0 Å². The van der Waals surface area contributed by atoms with E-state index in [1.165, 1.54) is 12.3 Å². The number of rotatable bonds is 5. The van der Waals surface area contributed by atoms with Gasteiger partial charge in [-0.05, 0) is 29.0 Å². The molecular weight excluding hydrogens is 270 g/mol. The van der Waals surface area contributed by atoms with E-state index in [1.54, 1.807) is 16.0 Å². The minimum Gasteiger partial charge on any atom is -0.484 e. The Kier molecular flexibility index (Phi) is 3.91. The van der Waals surface area contributed by atoms with Crippen molar-refractivity contribution in [3.8, 4) is 5.75 Å². The normalized spacial score (nSPS) is 10.4. The number of ether oxygens (including phenoxy) is 1. The van der Waals surface area contributed by atoms with E-state index in [0.29, 0.717) is 6.54 Å². The van der Waals surface area contributed by atoms with Crippen molar-refractivity contribution in [2.24, 2.45) is 0 Å². The molecule has 2 aromatic heterocycles. The summed E-state index contributed by atoms with van der Waals surface area (Å²) in [6.07, 6.45) is 1.33. The lowest BCUT2D eigenvalue weighted by Crippen LogP contribution is -2.19. The number of nitrogens with zero attached hydrogens (tertiary/aromatic N) is 3. The van der Waals surface area contributed by atoms with Gasteiger partial charge in [-0.2, -0.15) is 0 Å². The third kappa shape index (κ3) is 2.97. The Bertz CT molecular complexity index is 649. The molecule has 0 aliphatic heterocycles. The molecule has 0 spiro atoms. The van der Waals surface area contributed by atoms with Crippen LogP contribution in [0, 0.1) is 17.0 Å². The number of hydrogen-bond donors (Lipinski definition) is 0. The molecule has 19 heavy (non-hydrogen) atoms. The summed E-state index contributed by atoms with van der Waals surface area (Å²) in [6, 6.07) is 3.04. The molecule has 0 saturated heterocycles. The fourth-order valence-electron chi connectivity index (χ4n) is 1.55. The zero-order valence-corrected chi connectivity index (χ0v) is 10.9. The van der Waals surface area contributed by atoms with Crippen LogP contribution < -0.4 is 9.61 Å². The monoisotopic (exact) mass is 281 g/mol. The highest BCUT2D eigenvalue weighted by Gasteiger charge is 2.15. The van der Waals surface area contributed by atoms with Gasteiger partial charge in [0.1, 0.15) is 12.8 Å². The van der Waals surface area contributed by atoms with E-state index in [9.17, 15) is 14.9 Å². The van der Waals surface area contributed by atoms with Crippen LogP contribution in [0.3, 0.4) is 0 Å². The van der Waals surface area contributed by atoms with Gasteiger partial charge in [0, 0.05) is 11.1 Å². The fourth-order valence-corrected chi connectivity index (χ4v) is 2.31. The first-order valence-electron chi connectivity index (χ1n) is 5.46. The first-order chi connectivity index (χ1) is 9.09. The van der Waals surface area contributed by atoms with E-state index in [4.69, 9.17) is 4.74 Å². The molecule has 2 rings (SSSR count). The second-order valence-corrected chi connectivity index (χ2v) is 4.55. The van der Waals surface area contributed by atoms with E-state index in [2.05, 4.69) is 4.98 Å². The Morgan fingerprint density at radius 3 is 3.00 bits per heavy atom. The van der Waals surface area contributed by atoms with Crippen LogP contribution in [0.5, 0.6) is 5.75 Å². The van der Waals surface area contributed by atoms with E-state index in [0.717, 1.165) is 17.0 Å². The molecule has 2 heterocycles. The van der Waals surface area contributed by atoms with Crippen molar-refractivity contribution in [2.75, 3.05) is 6.61 Å². The molecule has 8 heteroatoms. The standard InChI is InChI=1S/C11H11N3O4S/c1-8-7-19-11(15)13(8)5-6-18-9-3-2-4-12-10(9)14(16)17/h2-4,7H,5-6H2,1H3. The molecule has 7 nitrogen and oxygen atoms in total. The SMILES string of the molecule is Cc1csc(=O)n1CCOc1cccnc1[N+](=O)[O-]. The Morgan fingerprint density at radius 1 is 1.58 bits per heavy atom.